The zero-order valence-electron chi connectivity index (χ0n) is 12.8. The van der Waals surface area contributed by atoms with Gasteiger partial charge in [-0.15, -0.1) is 0 Å². The molecule has 2 heterocycles. The number of imidazole rings is 1. The molecule has 4 rings (SSSR count). The zero-order chi connectivity index (χ0) is 16.7. The third-order valence-corrected chi connectivity index (χ3v) is 4.04. The molecule has 120 valence electrons. The molecule has 0 fully saturated rings. The van der Waals surface area contributed by atoms with Crippen LogP contribution in [0.2, 0.25) is 0 Å². The fourth-order valence-corrected chi connectivity index (χ4v) is 2.86. The Morgan fingerprint density at radius 3 is 2.92 bits per heavy atom. The minimum Gasteiger partial charge on any atom is -0.497 e. The number of aromatic hydroxyl groups is 1. The van der Waals surface area contributed by atoms with Crippen LogP contribution in [0.15, 0.2) is 59.3 Å². The van der Waals surface area contributed by atoms with E-state index in [1.54, 1.807) is 22.9 Å². The lowest BCUT2D eigenvalue weighted by Gasteiger charge is -2.20. The summed E-state index contributed by atoms with van der Waals surface area (Å²) in [5.41, 5.74) is 1.18. The van der Waals surface area contributed by atoms with Gasteiger partial charge in [0.25, 0.3) is 0 Å². The van der Waals surface area contributed by atoms with Crippen molar-refractivity contribution < 1.29 is 14.2 Å². The maximum absolute atomic E-state index is 14.4. The molecule has 1 aliphatic carbocycles. The number of hydrogen-bond acceptors (Lipinski definition) is 4. The predicted molar refractivity (Wildman–Crippen MR) is 88.8 cm³/mol. The molecule has 1 atom stereocenters. The molecule has 5 nitrogen and oxygen atoms in total. The number of methoxy groups -OCH3 is 1. The SMILES string of the molecule is COc1ccc(-c2nc3n(c2O)C2C=CC=CC=C2N=C3)c(F)c1. The Balaban J connectivity index is 1.86. The maximum Gasteiger partial charge on any atom is 0.221 e. The van der Waals surface area contributed by atoms with E-state index in [9.17, 15) is 9.50 Å². The zero-order valence-corrected chi connectivity index (χ0v) is 12.8. The number of benzene rings is 1. The quantitative estimate of drug-likeness (QED) is 0.921. The standard InChI is InChI=1S/C18H14FN3O2/c1-24-11-7-8-12(13(19)9-11)17-18(23)22-15-6-4-2-3-5-14(15)20-10-16(22)21-17/h2-10,15,23H,1H3. The summed E-state index contributed by atoms with van der Waals surface area (Å²) >= 11 is 0. The highest BCUT2D eigenvalue weighted by Crippen LogP contribution is 2.38. The number of rotatable bonds is 2. The third-order valence-electron chi connectivity index (χ3n) is 4.04. The fourth-order valence-electron chi connectivity index (χ4n) is 2.86. The summed E-state index contributed by atoms with van der Waals surface area (Å²) < 4.78 is 21.0. The molecule has 0 saturated carbocycles. The van der Waals surface area contributed by atoms with Crippen LogP contribution in [0, 0.1) is 5.82 Å². The fraction of sp³-hybridized carbons (Fsp3) is 0.111. The molecule has 0 amide bonds. The van der Waals surface area contributed by atoms with Crippen LogP contribution < -0.4 is 4.74 Å². The van der Waals surface area contributed by atoms with Crippen molar-refractivity contribution in [3.63, 3.8) is 0 Å². The molecule has 0 bridgehead atoms. The Kier molecular flexibility index (Phi) is 3.30. The number of fused-ring (bicyclic) bond motifs is 3. The van der Waals surface area contributed by atoms with Crippen LogP contribution in [0.5, 0.6) is 11.6 Å². The van der Waals surface area contributed by atoms with E-state index < -0.39 is 5.82 Å². The second-order valence-electron chi connectivity index (χ2n) is 5.42. The van der Waals surface area contributed by atoms with Crippen molar-refractivity contribution in [1.29, 1.82) is 0 Å². The molecule has 6 heteroatoms. The molecule has 1 aromatic heterocycles. The summed E-state index contributed by atoms with van der Waals surface area (Å²) in [5.74, 6) is 0.282. The van der Waals surface area contributed by atoms with E-state index in [2.05, 4.69) is 9.98 Å². The van der Waals surface area contributed by atoms with Crippen LogP contribution in [0.4, 0.5) is 4.39 Å². The minimum atomic E-state index is -0.508. The molecule has 1 N–H and O–H groups in total. The van der Waals surface area contributed by atoms with Gasteiger partial charge in [-0.1, -0.05) is 24.3 Å². The number of aromatic nitrogens is 2. The predicted octanol–water partition coefficient (Wildman–Crippen LogP) is 3.39. The second-order valence-corrected chi connectivity index (χ2v) is 5.42. The number of nitrogens with zero attached hydrogens (tertiary/aromatic N) is 3. The van der Waals surface area contributed by atoms with E-state index in [0.717, 1.165) is 5.70 Å². The summed E-state index contributed by atoms with van der Waals surface area (Å²) in [6.07, 6.45) is 11.0. The van der Waals surface area contributed by atoms with E-state index in [4.69, 9.17) is 4.74 Å². The third kappa shape index (κ3) is 2.15. The van der Waals surface area contributed by atoms with Crippen molar-refractivity contribution >= 4 is 6.21 Å². The van der Waals surface area contributed by atoms with E-state index in [1.165, 1.54) is 13.2 Å². The topological polar surface area (TPSA) is 59.6 Å². The first-order chi connectivity index (χ1) is 11.7. The monoisotopic (exact) mass is 323 g/mol. The van der Waals surface area contributed by atoms with E-state index in [-0.39, 0.29) is 23.2 Å². The molecular weight excluding hydrogens is 309 g/mol. The van der Waals surface area contributed by atoms with Gasteiger partial charge in [0.15, 0.2) is 5.82 Å². The van der Waals surface area contributed by atoms with Crippen molar-refractivity contribution in [2.45, 2.75) is 6.04 Å². The van der Waals surface area contributed by atoms with Gasteiger partial charge in [-0.05, 0) is 18.2 Å². The van der Waals surface area contributed by atoms with Crippen molar-refractivity contribution in [2.75, 3.05) is 7.11 Å². The van der Waals surface area contributed by atoms with Gasteiger partial charge in [0.1, 0.15) is 17.3 Å². The average Bonchev–Trinajstić information content (AvgIpc) is 2.77. The molecule has 1 aromatic carbocycles. The lowest BCUT2D eigenvalue weighted by atomic mass is 10.1. The van der Waals surface area contributed by atoms with Crippen molar-refractivity contribution in [3.05, 3.63) is 65.9 Å². The molecule has 24 heavy (non-hydrogen) atoms. The second kappa shape index (κ2) is 5.49. The normalized spacial score (nSPS) is 17.9. The van der Waals surface area contributed by atoms with Crippen molar-refractivity contribution in [2.24, 2.45) is 4.99 Å². The molecule has 1 aliphatic heterocycles. The minimum absolute atomic E-state index is 0.0948. The molecule has 0 radical (unpaired) electrons. The molecule has 2 aromatic rings. The van der Waals surface area contributed by atoms with Crippen LogP contribution in [0.25, 0.3) is 11.3 Å². The van der Waals surface area contributed by atoms with Gasteiger partial charge in [-0.2, -0.15) is 0 Å². The smallest absolute Gasteiger partial charge is 0.221 e. The summed E-state index contributed by atoms with van der Waals surface area (Å²) in [6, 6.07) is 4.16. The lowest BCUT2D eigenvalue weighted by Crippen LogP contribution is -2.15. The number of ether oxygens (including phenoxy) is 1. The molecule has 2 aliphatic rings. The largest absolute Gasteiger partial charge is 0.497 e. The highest BCUT2D eigenvalue weighted by molar-refractivity contribution is 5.82. The van der Waals surface area contributed by atoms with Gasteiger partial charge in [0.05, 0.1) is 25.1 Å². The first-order valence-electron chi connectivity index (χ1n) is 7.43. The van der Waals surface area contributed by atoms with Crippen LogP contribution in [-0.4, -0.2) is 28.0 Å². The Hall–Kier alpha value is -3.15. The first kappa shape index (κ1) is 14.4. The van der Waals surface area contributed by atoms with E-state index in [0.29, 0.717) is 11.6 Å². The Bertz CT molecular complexity index is 938. The maximum atomic E-state index is 14.4. The van der Waals surface area contributed by atoms with Gasteiger partial charge in [-0.25, -0.2) is 9.37 Å². The van der Waals surface area contributed by atoms with Crippen LogP contribution >= 0.6 is 0 Å². The number of aliphatic imine (C=N–C) groups is 1. The lowest BCUT2D eigenvalue weighted by molar-refractivity contribution is 0.409. The van der Waals surface area contributed by atoms with Crippen LogP contribution in [-0.2, 0) is 0 Å². The van der Waals surface area contributed by atoms with Gasteiger partial charge in [-0.3, -0.25) is 9.56 Å². The average molecular weight is 323 g/mol. The summed E-state index contributed by atoms with van der Waals surface area (Å²) in [7, 11) is 1.47. The summed E-state index contributed by atoms with van der Waals surface area (Å²) in [5, 5.41) is 10.7. The highest BCUT2D eigenvalue weighted by atomic mass is 19.1. The Morgan fingerprint density at radius 2 is 2.12 bits per heavy atom. The molecule has 1 unspecified atom stereocenters. The van der Waals surface area contributed by atoms with Crippen LogP contribution in [0.3, 0.4) is 0 Å². The molecule has 0 spiro atoms. The van der Waals surface area contributed by atoms with Gasteiger partial charge < -0.3 is 9.84 Å². The van der Waals surface area contributed by atoms with E-state index in [1.807, 2.05) is 30.4 Å². The number of hydrogen-bond donors (Lipinski definition) is 1. The number of allylic oxidation sites excluding steroid dienone is 5. The highest BCUT2D eigenvalue weighted by Gasteiger charge is 2.28. The van der Waals surface area contributed by atoms with Crippen molar-refractivity contribution in [3.8, 4) is 22.9 Å². The summed E-state index contributed by atoms with van der Waals surface area (Å²) in [6.45, 7) is 0. The van der Waals surface area contributed by atoms with Gasteiger partial charge in [0, 0.05) is 11.6 Å². The van der Waals surface area contributed by atoms with E-state index >= 15 is 0 Å². The molecular formula is C18H14FN3O2. The van der Waals surface area contributed by atoms with Crippen LogP contribution in [0.1, 0.15) is 11.9 Å². The molecule has 0 saturated heterocycles. The first-order valence-corrected chi connectivity index (χ1v) is 7.43. The van der Waals surface area contributed by atoms with Gasteiger partial charge >= 0.3 is 0 Å². The summed E-state index contributed by atoms with van der Waals surface area (Å²) in [4.78, 5) is 8.74. The Labute approximate surface area is 137 Å². The Morgan fingerprint density at radius 1 is 1.25 bits per heavy atom. The number of halogens is 1. The van der Waals surface area contributed by atoms with Crippen molar-refractivity contribution in [1.82, 2.24) is 9.55 Å². The van der Waals surface area contributed by atoms with Gasteiger partial charge in [0.2, 0.25) is 5.88 Å².